The van der Waals surface area contributed by atoms with Gasteiger partial charge in [0.15, 0.2) is 5.69 Å². The van der Waals surface area contributed by atoms with Gasteiger partial charge in [-0.3, -0.25) is 4.98 Å². The van der Waals surface area contributed by atoms with Crippen LogP contribution in [0.4, 0.5) is 5.82 Å². The molecule has 0 spiro atoms. The first kappa shape index (κ1) is 10.7. The largest absolute Gasteiger partial charge is 0.476 e. The van der Waals surface area contributed by atoms with Crippen LogP contribution in [-0.4, -0.2) is 37.1 Å². The van der Waals surface area contributed by atoms with E-state index in [1.807, 2.05) is 11.1 Å². The molecule has 1 aliphatic heterocycles. The summed E-state index contributed by atoms with van der Waals surface area (Å²) >= 11 is 0. The topological polar surface area (TPSA) is 84.1 Å². The van der Waals surface area contributed by atoms with Crippen LogP contribution in [0.1, 0.15) is 16.3 Å². The Balaban J connectivity index is 1.88. The number of imidazole rings is 1. The van der Waals surface area contributed by atoms with Gasteiger partial charge in [-0.25, -0.2) is 14.8 Å². The van der Waals surface area contributed by atoms with Crippen molar-refractivity contribution in [2.45, 2.75) is 13.1 Å². The number of nitrogens with zero attached hydrogens (tertiary/aromatic N) is 5. The molecule has 1 aliphatic rings. The van der Waals surface area contributed by atoms with Crippen molar-refractivity contribution < 1.29 is 9.90 Å². The number of hydrogen-bond acceptors (Lipinski definition) is 5. The second-order valence-corrected chi connectivity index (χ2v) is 4.03. The first-order valence-electron chi connectivity index (χ1n) is 5.54. The third-order valence-corrected chi connectivity index (χ3v) is 2.91. The predicted octanol–water partition coefficient (Wildman–Crippen LogP) is 0.391. The van der Waals surface area contributed by atoms with Crippen molar-refractivity contribution in [1.29, 1.82) is 0 Å². The molecule has 2 aromatic heterocycles. The van der Waals surface area contributed by atoms with Gasteiger partial charge in [-0.15, -0.1) is 0 Å². The quantitative estimate of drug-likeness (QED) is 0.824. The highest BCUT2D eigenvalue weighted by Crippen LogP contribution is 2.17. The molecule has 0 amide bonds. The lowest BCUT2D eigenvalue weighted by atomic mass is 10.3. The van der Waals surface area contributed by atoms with Gasteiger partial charge in [0.2, 0.25) is 0 Å². The molecule has 0 saturated carbocycles. The fourth-order valence-corrected chi connectivity index (χ4v) is 1.98. The van der Waals surface area contributed by atoms with Gasteiger partial charge in [0.05, 0.1) is 18.9 Å². The lowest BCUT2D eigenvalue weighted by molar-refractivity contribution is 0.0690. The summed E-state index contributed by atoms with van der Waals surface area (Å²) in [5.41, 5.74) is -0.0404. The number of aromatic carboxylic acids is 1. The minimum Gasteiger partial charge on any atom is -0.476 e. The molecule has 0 aromatic carbocycles. The van der Waals surface area contributed by atoms with E-state index in [0.29, 0.717) is 12.4 Å². The van der Waals surface area contributed by atoms with Crippen LogP contribution in [0.25, 0.3) is 0 Å². The van der Waals surface area contributed by atoms with Crippen LogP contribution in [-0.2, 0) is 13.1 Å². The lowest BCUT2D eigenvalue weighted by Gasteiger charge is -2.28. The molecule has 7 heteroatoms. The van der Waals surface area contributed by atoms with Crippen molar-refractivity contribution in [3.8, 4) is 0 Å². The monoisotopic (exact) mass is 245 g/mol. The number of anilines is 1. The van der Waals surface area contributed by atoms with Gasteiger partial charge in [0, 0.05) is 25.5 Å². The van der Waals surface area contributed by atoms with E-state index in [4.69, 9.17) is 5.11 Å². The number of fused-ring (bicyclic) bond motifs is 1. The molecule has 0 bridgehead atoms. The molecule has 1 N–H and O–H groups in total. The molecule has 0 radical (unpaired) electrons. The SMILES string of the molecule is O=C(O)c1cncc(N2CCn3ccnc3C2)n1. The first-order valence-corrected chi connectivity index (χ1v) is 5.54. The Morgan fingerprint density at radius 2 is 2.22 bits per heavy atom. The molecular formula is C11H11N5O2. The lowest BCUT2D eigenvalue weighted by Crippen LogP contribution is -2.34. The molecule has 0 saturated heterocycles. The second kappa shape index (κ2) is 4.10. The normalized spacial score (nSPS) is 14.3. The van der Waals surface area contributed by atoms with E-state index in [9.17, 15) is 4.79 Å². The average Bonchev–Trinajstić information content (AvgIpc) is 2.86. The fourth-order valence-electron chi connectivity index (χ4n) is 1.98. The van der Waals surface area contributed by atoms with Crippen molar-refractivity contribution in [1.82, 2.24) is 19.5 Å². The molecule has 0 atom stereocenters. The summed E-state index contributed by atoms with van der Waals surface area (Å²) in [7, 11) is 0. The number of carboxylic acid groups (broad SMARTS) is 1. The number of aromatic nitrogens is 4. The van der Waals surface area contributed by atoms with E-state index < -0.39 is 5.97 Å². The van der Waals surface area contributed by atoms with Gasteiger partial charge < -0.3 is 14.6 Å². The van der Waals surface area contributed by atoms with E-state index in [0.717, 1.165) is 18.9 Å². The summed E-state index contributed by atoms with van der Waals surface area (Å²) in [5, 5.41) is 8.89. The maximum atomic E-state index is 10.9. The van der Waals surface area contributed by atoms with Gasteiger partial charge in [0.1, 0.15) is 11.6 Å². The number of carboxylic acids is 1. The summed E-state index contributed by atoms with van der Waals surface area (Å²) < 4.78 is 2.07. The minimum atomic E-state index is -1.07. The zero-order valence-electron chi connectivity index (χ0n) is 9.52. The minimum absolute atomic E-state index is 0.0404. The van der Waals surface area contributed by atoms with Crippen LogP contribution in [0.3, 0.4) is 0 Å². The van der Waals surface area contributed by atoms with E-state index in [2.05, 4.69) is 19.5 Å². The molecule has 0 aliphatic carbocycles. The molecule has 18 heavy (non-hydrogen) atoms. The van der Waals surface area contributed by atoms with Crippen molar-refractivity contribution in [3.05, 3.63) is 36.3 Å². The number of rotatable bonds is 2. The van der Waals surface area contributed by atoms with Gasteiger partial charge >= 0.3 is 5.97 Å². The van der Waals surface area contributed by atoms with Crippen molar-refractivity contribution in [2.24, 2.45) is 0 Å². The van der Waals surface area contributed by atoms with Gasteiger partial charge in [-0.2, -0.15) is 0 Å². The van der Waals surface area contributed by atoms with Gasteiger partial charge in [0.25, 0.3) is 0 Å². The van der Waals surface area contributed by atoms with E-state index in [1.165, 1.54) is 6.20 Å². The zero-order chi connectivity index (χ0) is 12.5. The standard InChI is InChI=1S/C11H11N5O2/c17-11(18)8-5-12-6-9(14-8)16-4-3-15-2-1-13-10(15)7-16/h1-2,5-6H,3-4,7H2,(H,17,18). The molecule has 3 heterocycles. The molecule has 92 valence electrons. The molecular weight excluding hydrogens is 234 g/mol. The predicted molar refractivity (Wildman–Crippen MR) is 62.3 cm³/mol. The van der Waals surface area contributed by atoms with Crippen LogP contribution in [0, 0.1) is 0 Å². The highest BCUT2D eigenvalue weighted by molar-refractivity contribution is 5.85. The maximum Gasteiger partial charge on any atom is 0.356 e. The number of hydrogen-bond donors (Lipinski definition) is 1. The summed E-state index contributed by atoms with van der Waals surface area (Å²) in [6.45, 7) is 2.19. The van der Waals surface area contributed by atoms with E-state index in [-0.39, 0.29) is 5.69 Å². The Labute approximate surface area is 103 Å². The van der Waals surface area contributed by atoms with Gasteiger partial charge in [-0.1, -0.05) is 0 Å². The Hall–Kier alpha value is -2.44. The number of carbonyl (C=O) groups is 1. The Morgan fingerprint density at radius 1 is 1.33 bits per heavy atom. The molecule has 3 rings (SSSR count). The zero-order valence-corrected chi connectivity index (χ0v) is 9.52. The Kier molecular flexibility index (Phi) is 2.44. The highest BCUT2D eigenvalue weighted by atomic mass is 16.4. The molecule has 2 aromatic rings. The third-order valence-electron chi connectivity index (χ3n) is 2.91. The van der Waals surface area contributed by atoms with E-state index in [1.54, 1.807) is 12.4 Å². The average molecular weight is 245 g/mol. The summed E-state index contributed by atoms with van der Waals surface area (Å²) in [5.74, 6) is 0.454. The summed E-state index contributed by atoms with van der Waals surface area (Å²) in [4.78, 5) is 25.1. The van der Waals surface area contributed by atoms with Crippen LogP contribution in [0.5, 0.6) is 0 Å². The third kappa shape index (κ3) is 1.79. The molecule has 0 fully saturated rings. The van der Waals surface area contributed by atoms with Gasteiger partial charge in [-0.05, 0) is 0 Å². The Bertz CT molecular complexity index is 595. The van der Waals surface area contributed by atoms with Crippen molar-refractivity contribution in [3.63, 3.8) is 0 Å². The first-order chi connectivity index (χ1) is 8.74. The smallest absolute Gasteiger partial charge is 0.356 e. The molecule has 7 nitrogen and oxygen atoms in total. The van der Waals surface area contributed by atoms with E-state index >= 15 is 0 Å². The maximum absolute atomic E-state index is 10.9. The summed E-state index contributed by atoms with van der Waals surface area (Å²) in [6, 6.07) is 0. The summed E-state index contributed by atoms with van der Waals surface area (Å²) in [6.07, 6.45) is 6.52. The van der Waals surface area contributed by atoms with Crippen LogP contribution < -0.4 is 4.90 Å². The highest BCUT2D eigenvalue weighted by Gasteiger charge is 2.19. The van der Waals surface area contributed by atoms with Crippen molar-refractivity contribution in [2.75, 3.05) is 11.4 Å². The Morgan fingerprint density at radius 3 is 3.06 bits per heavy atom. The van der Waals surface area contributed by atoms with Crippen molar-refractivity contribution >= 4 is 11.8 Å². The van der Waals surface area contributed by atoms with Crippen LogP contribution in [0.2, 0.25) is 0 Å². The van der Waals surface area contributed by atoms with Crippen LogP contribution in [0.15, 0.2) is 24.8 Å². The fraction of sp³-hybridized carbons (Fsp3) is 0.273. The second-order valence-electron chi connectivity index (χ2n) is 4.03. The van der Waals surface area contributed by atoms with Crippen LogP contribution >= 0.6 is 0 Å². The molecule has 0 unspecified atom stereocenters.